The van der Waals surface area contributed by atoms with Crippen LogP contribution in [0.5, 0.6) is 0 Å². The predicted octanol–water partition coefficient (Wildman–Crippen LogP) is 1.32. The van der Waals surface area contributed by atoms with Crippen molar-refractivity contribution >= 4 is 11.6 Å². The number of H-pyrrole nitrogens is 1. The van der Waals surface area contributed by atoms with Crippen LogP contribution < -0.4 is 9.88 Å². The summed E-state index contributed by atoms with van der Waals surface area (Å²) >= 11 is 0. The lowest BCUT2D eigenvalue weighted by molar-refractivity contribution is -0.377. The van der Waals surface area contributed by atoms with Crippen LogP contribution in [0.15, 0.2) is 29.0 Å². The van der Waals surface area contributed by atoms with Crippen molar-refractivity contribution in [1.82, 2.24) is 10.1 Å². The summed E-state index contributed by atoms with van der Waals surface area (Å²) in [6.07, 6.45) is 4.54. The molecular formula is C16H21N4O2+. The Hall–Kier alpha value is -2.37. The molecule has 0 aromatic carbocycles. The normalized spacial score (nSPS) is 15.2. The molecule has 116 valence electrons. The minimum absolute atomic E-state index is 0.0386. The van der Waals surface area contributed by atoms with Gasteiger partial charge in [-0.1, -0.05) is 12.1 Å². The molecule has 3 heterocycles. The molecule has 1 fully saturated rings. The predicted molar refractivity (Wildman–Crippen MR) is 81.7 cm³/mol. The first kappa shape index (κ1) is 14.6. The van der Waals surface area contributed by atoms with Gasteiger partial charge in [-0.25, -0.2) is 4.98 Å². The fourth-order valence-corrected chi connectivity index (χ4v) is 2.85. The zero-order valence-corrected chi connectivity index (χ0v) is 13.0. The van der Waals surface area contributed by atoms with Gasteiger partial charge in [0.25, 0.3) is 5.91 Å². The van der Waals surface area contributed by atoms with E-state index in [1.807, 2.05) is 24.2 Å². The average molecular weight is 301 g/mol. The summed E-state index contributed by atoms with van der Waals surface area (Å²) in [4.78, 5) is 19.9. The van der Waals surface area contributed by atoms with Crippen molar-refractivity contribution in [3.05, 3.63) is 41.5 Å². The first-order valence-electron chi connectivity index (χ1n) is 7.66. The van der Waals surface area contributed by atoms with E-state index in [0.717, 1.165) is 18.8 Å². The van der Waals surface area contributed by atoms with E-state index in [0.29, 0.717) is 30.8 Å². The number of pyridine rings is 1. The van der Waals surface area contributed by atoms with Crippen LogP contribution in [0.25, 0.3) is 0 Å². The molecule has 0 unspecified atom stereocenters. The number of nitrogens with zero attached hydrogens (tertiary/aromatic N) is 3. The van der Waals surface area contributed by atoms with Gasteiger partial charge in [0.15, 0.2) is 12.4 Å². The van der Waals surface area contributed by atoms with Crippen molar-refractivity contribution in [1.29, 1.82) is 0 Å². The summed E-state index contributed by atoms with van der Waals surface area (Å²) in [5, 5.41) is 3.98. The van der Waals surface area contributed by atoms with Crippen molar-refractivity contribution in [3.8, 4) is 0 Å². The van der Waals surface area contributed by atoms with Crippen LogP contribution in [0, 0.1) is 6.92 Å². The number of aromatic nitrogens is 2. The fourth-order valence-electron chi connectivity index (χ4n) is 2.85. The summed E-state index contributed by atoms with van der Waals surface area (Å²) in [6, 6.07) is 4.10. The van der Waals surface area contributed by atoms with Crippen LogP contribution >= 0.6 is 0 Å². The summed E-state index contributed by atoms with van der Waals surface area (Å²) in [6.45, 7) is 6.88. The van der Waals surface area contributed by atoms with Gasteiger partial charge in [-0.05, 0) is 13.3 Å². The molecule has 2 aromatic heterocycles. The SMILES string of the molecule is CCc1noc(C)c1C(=O)N1CCN(c2cc[nH+]cc2)CC1. The second kappa shape index (κ2) is 6.17. The van der Waals surface area contributed by atoms with E-state index in [2.05, 4.69) is 27.2 Å². The molecule has 1 aliphatic rings. The van der Waals surface area contributed by atoms with E-state index in [-0.39, 0.29) is 5.91 Å². The van der Waals surface area contributed by atoms with Gasteiger partial charge in [0.05, 0.1) is 5.69 Å². The molecule has 0 saturated carbocycles. The number of piperazine rings is 1. The van der Waals surface area contributed by atoms with Crippen LogP contribution in [0.4, 0.5) is 5.69 Å². The highest BCUT2D eigenvalue weighted by Gasteiger charge is 2.27. The third-order valence-electron chi connectivity index (χ3n) is 4.11. The highest BCUT2D eigenvalue weighted by Crippen LogP contribution is 2.19. The zero-order chi connectivity index (χ0) is 15.5. The number of amides is 1. The number of carbonyl (C=O) groups excluding carboxylic acids is 1. The number of carbonyl (C=O) groups is 1. The number of hydrogen-bond acceptors (Lipinski definition) is 4. The maximum atomic E-state index is 12.7. The number of nitrogens with one attached hydrogen (secondary N) is 1. The highest BCUT2D eigenvalue weighted by atomic mass is 16.5. The molecule has 1 N–H and O–H groups in total. The quantitative estimate of drug-likeness (QED) is 0.858. The Morgan fingerprint density at radius 1 is 1.27 bits per heavy atom. The summed E-state index contributed by atoms with van der Waals surface area (Å²) in [5.74, 6) is 0.652. The molecule has 1 saturated heterocycles. The first-order valence-corrected chi connectivity index (χ1v) is 7.66. The fraction of sp³-hybridized carbons (Fsp3) is 0.438. The summed E-state index contributed by atoms with van der Waals surface area (Å²) in [7, 11) is 0. The molecular weight excluding hydrogens is 280 g/mol. The molecule has 3 rings (SSSR count). The number of aryl methyl sites for hydroxylation is 2. The molecule has 6 heteroatoms. The number of hydrogen-bond donors (Lipinski definition) is 0. The zero-order valence-electron chi connectivity index (χ0n) is 13.0. The van der Waals surface area contributed by atoms with E-state index < -0.39 is 0 Å². The lowest BCUT2D eigenvalue weighted by Gasteiger charge is -2.35. The molecule has 0 atom stereocenters. The molecule has 0 aliphatic carbocycles. The van der Waals surface area contributed by atoms with Gasteiger partial charge in [0.2, 0.25) is 0 Å². The van der Waals surface area contributed by atoms with Crippen molar-refractivity contribution in [2.45, 2.75) is 20.3 Å². The third-order valence-corrected chi connectivity index (χ3v) is 4.11. The molecule has 0 bridgehead atoms. The molecule has 6 nitrogen and oxygen atoms in total. The molecule has 0 spiro atoms. The van der Waals surface area contributed by atoms with E-state index in [4.69, 9.17) is 4.52 Å². The van der Waals surface area contributed by atoms with Gasteiger partial charge in [0.1, 0.15) is 11.3 Å². The van der Waals surface area contributed by atoms with E-state index in [9.17, 15) is 4.79 Å². The van der Waals surface area contributed by atoms with Crippen molar-refractivity contribution in [3.63, 3.8) is 0 Å². The summed E-state index contributed by atoms with van der Waals surface area (Å²) < 4.78 is 5.18. The topological polar surface area (TPSA) is 63.7 Å². The number of anilines is 1. The highest BCUT2D eigenvalue weighted by molar-refractivity contribution is 5.96. The third kappa shape index (κ3) is 2.68. The molecule has 1 aliphatic heterocycles. The Labute approximate surface area is 129 Å². The van der Waals surface area contributed by atoms with Gasteiger partial charge in [-0.2, -0.15) is 0 Å². The Morgan fingerprint density at radius 3 is 2.59 bits per heavy atom. The van der Waals surface area contributed by atoms with Crippen LogP contribution in [-0.2, 0) is 6.42 Å². The van der Waals surface area contributed by atoms with Crippen LogP contribution in [0.2, 0.25) is 0 Å². The van der Waals surface area contributed by atoms with Crippen LogP contribution in [0.1, 0.15) is 28.7 Å². The molecule has 1 amide bonds. The first-order chi connectivity index (χ1) is 10.7. The van der Waals surface area contributed by atoms with E-state index >= 15 is 0 Å². The minimum atomic E-state index is 0.0386. The monoisotopic (exact) mass is 301 g/mol. The Kier molecular flexibility index (Phi) is 4.09. The standard InChI is InChI=1S/C16H20N4O2/c1-3-14-15(12(2)22-18-14)16(21)20-10-8-19(9-11-20)13-4-6-17-7-5-13/h4-7H,3,8-11H2,1-2H3/p+1. The second-order valence-corrected chi connectivity index (χ2v) is 5.45. The maximum absolute atomic E-state index is 12.7. The number of rotatable bonds is 3. The van der Waals surface area contributed by atoms with Gasteiger partial charge in [-0.3, -0.25) is 4.79 Å². The van der Waals surface area contributed by atoms with Crippen LogP contribution in [0.3, 0.4) is 0 Å². The van der Waals surface area contributed by atoms with Crippen molar-refractivity contribution in [2.24, 2.45) is 0 Å². The summed E-state index contributed by atoms with van der Waals surface area (Å²) in [5.41, 5.74) is 2.58. The smallest absolute Gasteiger partial charge is 0.259 e. The van der Waals surface area contributed by atoms with Gasteiger partial charge in [0, 0.05) is 44.0 Å². The lowest BCUT2D eigenvalue weighted by atomic mass is 10.1. The average Bonchev–Trinajstić information content (AvgIpc) is 2.96. The van der Waals surface area contributed by atoms with Gasteiger partial charge >= 0.3 is 0 Å². The lowest BCUT2D eigenvalue weighted by Crippen LogP contribution is -2.49. The molecule has 22 heavy (non-hydrogen) atoms. The Morgan fingerprint density at radius 2 is 1.95 bits per heavy atom. The largest absolute Gasteiger partial charge is 0.368 e. The second-order valence-electron chi connectivity index (χ2n) is 5.45. The minimum Gasteiger partial charge on any atom is -0.368 e. The molecule has 0 radical (unpaired) electrons. The van der Waals surface area contributed by atoms with Crippen molar-refractivity contribution < 1.29 is 14.3 Å². The maximum Gasteiger partial charge on any atom is 0.259 e. The molecule has 2 aromatic rings. The van der Waals surface area contributed by atoms with Gasteiger partial charge in [-0.15, -0.1) is 0 Å². The van der Waals surface area contributed by atoms with E-state index in [1.165, 1.54) is 5.69 Å². The van der Waals surface area contributed by atoms with E-state index in [1.54, 1.807) is 6.92 Å². The van der Waals surface area contributed by atoms with Crippen molar-refractivity contribution in [2.75, 3.05) is 31.1 Å². The Bertz CT molecular complexity index is 645. The number of aromatic amines is 1. The van der Waals surface area contributed by atoms with Crippen LogP contribution in [-0.4, -0.2) is 42.1 Å². The van der Waals surface area contributed by atoms with Gasteiger partial charge < -0.3 is 14.3 Å². The Balaban J connectivity index is 1.69.